The number of allylic oxidation sites excluding steroid dienone is 1. The molecule has 5 heteroatoms. The van der Waals surface area contributed by atoms with Crippen molar-refractivity contribution in [3.63, 3.8) is 0 Å². The lowest BCUT2D eigenvalue weighted by Gasteiger charge is -2.37. The van der Waals surface area contributed by atoms with Crippen LogP contribution in [-0.4, -0.2) is 18.2 Å². The van der Waals surface area contributed by atoms with Crippen LogP contribution in [-0.2, 0) is 4.79 Å². The first-order valence-electron chi connectivity index (χ1n) is 10.7. The molecule has 32 heavy (non-hydrogen) atoms. The van der Waals surface area contributed by atoms with Gasteiger partial charge in [0, 0.05) is 23.8 Å². The molecule has 1 aliphatic rings. The molecule has 1 heterocycles. The number of aliphatic hydroxyl groups is 1. The molecule has 3 aromatic rings. The molecule has 0 saturated heterocycles. The Hall–Kier alpha value is -3.57. The molecule has 2 atom stereocenters. The zero-order valence-electron chi connectivity index (χ0n) is 18.2. The van der Waals surface area contributed by atoms with Crippen molar-refractivity contribution in [3.8, 4) is 11.5 Å². The third-order valence-electron chi connectivity index (χ3n) is 5.66. The molecule has 0 saturated carbocycles. The van der Waals surface area contributed by atoms with E-state index >= 15 is 0 Å². The number of esters is 1. The summed E-state index contributed by atoms with van der Waals surface area (Å²) in [5.74, 6) is 0.980. The maximum Gasteiger partial charge on any atom is 0.308 e. The summed E-state index contributed by atoms with van der Waals surface area (Å²) in [6.45, 7) is 1.41. The predicted octanol–water partition coefficient (Wildman–Crippen LogP) is 5.19. The van der Waals surface area contributed by atoms with E-state index in [0.29, 0.717) is 18.6 Å². The Labute approximate surface area is 188 Å². The number of para-hydroxylation sites is 1. The molecule has 0 radical (unpaired) electrons. The first-order chi connectivity index (χ1) is 15.6. The van der Waals surface area contributed by atoms with Gasteiger partial charge in [-0.05, 0) is 42.2 Å². The van der Waals surface area contributed by atoms with Crippen LogP contribution in [0.2, 0.25) is 0 Å². The fraction of sp³-hybridized carbons (Fsp3) is 0.222. The smallest absolute Gasteiger partial charge is 0.308 e. The van der Waals surface area contributed by atoms with Gasteiger partial charge in [0.25, 0.3) is 0 Å². The molecular weight excluding hydrogens is 402 g/mol. The fourth-order valence-corrected chi connectivity index (χ4v) is 4.05. The van der Waals surface area contributed by atoms with Gasteiger partial charge in [-0.1, -0.05) is 60.7 Å². The Kier molecular flexibility index (Phi) is 6.57. The summed E-state index contributed by atoms with van der Waals surface area (Å²) in [6, 6.07) is 25.1. The molecule has 1 unspecified atom stereocenters. The van der Waals surface area contributed by atoms with Crippen molar-refractivity contribution in [2.24, 2.45) is 0 Å². The van der Waals surface area contributed by atoms with Crippen molar-refractivity contribution in [1.29, 1.82) is 0 Å². The highest BCUT2D eigenvalue weighted by atomic mass is 16.5. The lowest BCUT2D eigenvalue weighted by molar-refractivity contribution is -0.131. The number of carbonyl (C=O) groups excluding carboxylic acids is 1. The number of hydrogen-bond acceptors (Lipinski definition) is 5. The molecule has 2 N–H and O–H groups in total. The van der Waals surface area contributed by atoms with Crippen LogP contribution in [0.25, 0.3) is 5.57 Å². The van der Waals surface area contributed by atoms with Crippen molar-refractivity contribution in [1.82, 2.24) is 5.32 Å². The Balaban J connectivity index is 1.65. The molecule has 0 bridgehead atoms. The first-order valence-corrected chi connectivity index (χ1v) is 10.7. The van der Waals surface area contributed by atoms with Gasteiger partial charge in [-0.15, -0.1) is 0 Å². The Morgan fingerprint density at radius 3 is 2.38 bits per heavy atom. The van der Waals surface area contributed by atoms with Crippen LogP contribution >= 0.6 is 0 Å². The van der Waals surface area contributed by atoms with Crippen molar-refractivity contribution in [3.05, 3.63) is 101 Å². The Morgan fingerprint density at radius 1 is 1.00 bits per heavy atom. The van der Waals surface area contributed by atoms with Gasteiger partial charge in [0.15, 0.2) is 0 Å². The monoisotopic (exact) mass is 429 g/mol. The van der Waals surface area contributed by atoms with Crippen LogP contribution in [0.3, 0.4) is 0 Å². The summed E-state index contributed by atoms with van der Waals surface area (Å²) in [5.41, 5.74) is 4.99. The van der Waals surface area contributed by atoms with Gasteiger partial charge in [0.05, 0.1) is 19.3 Å². The Morgan fingerprint density at radius 2 is 1.69 bits per heavy atom. The van der Waals surface area contributed by atoms with Crippen molar-refractivity contribution in [2.45, 2.75) is 31.9 Å². The minimum atomic E-state index is -0.546. The largest absolute Gasteiger partial charge is 0.497 e. The molecule has 0 spiro atoms. The highest BCUT2D eigenvalue weighted by molar-refractivity contribution is 5.83. The van der Waals surface area contributed by atoms with E-state index in [1.165, 1.54) is 6.92 Å². The summed E-state index contributed by atoms with van der Waals surface area (Å²) in [4.78, 5) is 11.7. The van der Waals surface area contributed by atoms with Gasteiger partial charge in [0.1, 0.15) is 11.5 Å². The zero-order chi connectivity index (χ0) is 22.5. The maximum absolute atomic E-state index is 11.7. The second-order valence-electron chi connectivity index (χ2n) is 7.80. The van der Waals surface area contributed by atoms with E-state index in [2.05, 4.69) is 5.32 Å². The van der Waals surface area contributed by atoms with Crippen LogP contribution in [0.15, 0.2) is 84.6 Å². The number of benzene rings is 3. The number of nitrogens with one attached hydrogen (secondary N) is 1. The molecule has 5 nitrogen and oxygen atoms in total. The molecule has 0 amide bonds. The number of hydrogen-bond donors (Lipinski definition) is 2. The topological polar surface area (TPSA) is 67.8 Å². The zero-order valence-corrected chi connectivity index (χ0v) is 18.2. The average molecular weight is 430 g/mol. The first kappa shape index (κ1) is 21.7. The quantitative estimate of drug-likeness (QED) is 0.381. The van der Waals surface area contributed by atoms with E-state index in [1.807, 2.05) is 78.9 Å². The third-order valence-corrected chi connectivity index (χ3v) is 5.66. The molecule has 0 aromatic heterocycles. The van der Waals surface area contributed by atoms with Crippen molar-refractivity contribution < 1.29 is 19.4 Å². The van der Waals surface area contributed by atoms with Crippen molar-refractivity contribution in [2.75, 3.05) is 7.11 Å². The van der Waals surface area contributed by atoms with Crippen molar-refractivity contribution >= 4 is 11.5 Å². The van der Waals surface area contributed by atoms with E-state index in [9.17, 15) is 9.90 Å². The van der Waals surface area contributed by atoms with E-state index in [4.69, 9.17) is 9.47 Å². The number of rotatable bonds is 8. The predicted molar refractivity (Wildman–Crippen MR) is 124 cm³/mol. The second kappa shape index (κ2) is 9.71. The highest BCUT2D eigenvalue weighted by Gasteiger charge is 2.33. The maximum atomic E-state index is 11.7. The van der Waals surface area contributed by atoms with E-state index < -0.39 is 6.10 Å². The van der Waals surface area contributed by atoms with E-state index in [0.717, 1.165) is 33.7 Å². The van der Waals surface area contributed by atoms with Gasteiger partial charge in [-0.25, -0.2) is 0 Å². The van der Waals surface area contributed by atoms with E-state index in [1.54, 1.807) is 7.11 Å². The number of ether oxygens (including phenoxy) is 2. The van der Waals surface area contributed by atoms with Crippen LogP contribution in [0, 0.1) is 0 Å². The summed E-state index contributed by atoms with van der Waals surface area (Å²) in [5, 5.41) is 14.2. The van der Waals surface area contributed by atoms with Crippen LogP contribution in [0.4, 0.5) is 0 Å². The molecule has 3 aromatic carbocycles. The summed E-state index contributed by atoms with van der Waals surface area (Å²) in [6.07, 6.45) is 0.711. The molecule has 0 fully saturated rings. The van der Waals surface area contributed by atoms with Crippen LogP contribution in [0.5, 0.6) is 11.5 Å². The molecule has 164 valence electrons. The molecule has 4 rings (SSSR count). The number of carbonyl (C=O) groups is 1. The summed E-state index contributed by atoms with van der Waals surface area (Å²) in [7, 11) is 1.65. The van der Waals surface area contributed by atoms with E-state index in [-0.39, 0.29) is 12.0 Å². The number of methoxy groups -OCH3 is 1. The van der Waals surface area contributed by atoms with Crippen LogP contribution in [0.1, 0.15) is 48.6 Å². The lowest BCUT2D eigenvalue weighted by Crippen LogP contribution is -2.34. The third kappa shape index (κ3) is 4.68. The standard InChI is InChI=1S/C27H27NO4/c1-18(29)32-25-11-7-6-10-22(25)26-23(16-17-24(30)19-8-4-3-5-9-19)28-27(26)20-12-14-21(31-2)15-13-20/h3-15,24,27-28,30H,16-17H2,1-2H3/t24-,27?/m1/s1. The SMILES string of the molecule is COc1ccc(C2NC(CC[C@@H](O)c3ccccc3)=C2c2ccccc2OC(C)=O)cc1. The van der Waals surface area contributed by atoms with Gasteiger partial charge < -0.3 is 19.9 Å². The average Bonchev–Trinajstić information content (AvgIpc) is 2.80. The number of aliphatic hydroxyl groups excluding tert-OH is 1. The van der Waals surface area contributed by atoms with Gasteiger partial charge in [0.2, 0.25) is 0 Å². The van der Waals surface area contributed by atoms with Gasteiger partial charge in [-0.3, -0.25) is 4.79 Å². The normalized spacial score (nSPS) is 16.0. The fourth-order valence-electron chi connectivity index (χ4n) is 4.05. The molecule has 0 aliphatic carbocycles. The lowest BCUT2D eigenvalue weighted by atomic mass is 9.83. The van der Waals surface area contributed by atoms with Crippen LogP contribution < -0.4 is 14.8 Å². The molecular formula is C27H27NO4. The van der Waals surface area contributed by atoms with Gasteiger partial charge in [-0.2, -0.15) is 0 Å². The Bertz CT molecular complexity index is 1110. The second-order valence-corrected chi connectivity index (χ2v) is 7.80. The highest BCUT2D eigenvalue weighted by Crippen LogP contribution is 2.45. The minimum absolute atomic E-state index is 0.0403. The summed E-state index contributed by atoms with van der Waals surface area (Å²) >= 11 is 0. The summed E-state index contributed by atoms with van der Waals surface area (Å²) < 4.78 is 10.8. The molecule has 1 aliphatic heterocycles. The van der Waals surface area contributed by atoms with Gasteiger partial charge >= 0.3 is 5.97 Å². The minimum Gasteiger partial charge on any atom is -0.497 e.